The highest BCUT2D eigenvalue weighted by Gasteiger charge is 2.54. The molecule has 2 aliphatic carbocycles. The summed E-state index contributed by atoms with van der Waals surface area (Å²) in [6, 6.07) is 10.7. The summed E-state index contributed by atoms with van der Waals surface area (Å²) in [5.41, 5.74) is 1.59. The molecule has 0 heterocycles. The van der Waals surface area contributed by atoms with E-state index in [4.69, 9.17) is 0 Å². The van der Waals surface area contributed by atoms with Crippen molar-refractivity contribution in [2.24, 2.45) is 23.2 Å². The minimum atomic E-state index is 0.197. The largest absolute Gasteiger partial charge is 0.300 e. The van der Waals surface area contributed by atoms with E-state index in [2.05, 4.69) is 56.3 Å². The van der Waals surface area contributed by atoms with Crippen molar-refractivity contribution in [3.05, 3.63) is 48.0 Å². The lowest BCUT2D eigenvalue weighted by atomic mass is 9.85. The Morgan fingerprint density at radius 2 is 1.79 bits per heavy atom. The van der Waals surface area contributed by atoms with Gasteiger partial charge in [0, 0.05) is 12.8 Å². The van der Waals surface area contributed by atoms with Gasteiger partial charge in [0.25, 0.3) is 0 Å². The van der Waals surface area contributed by atoms with Gasteiger partial charge in [0.2, 0.25) is 0 Å². The Morgan fingerprint density at radius 3 is 2.42 bits per heavy atom. The molecule has 1 nitrogen and oxygen atoms in total. The molecule has 0 radical (unpaired) electrons. The van der Waals surface area contributed by atoms with Gasteiger partial charge in [-0.3, -0.25) is 4.79 Å². The predicted molar refractivity (Wildman–Crippen MR) is 77.8 cm³/mol. The molecule has 0 amide bonds. The zero-order valence-electron chi connectivity index (χ0n) is 11.8. The Labute approximate surface area is 115 Å². The van der Waals surface area contributed by atoms with E-state index in [9.17, 15) is 4.79 Å². The number of hydrogen-bond donors (Lipinski definition) is 0. The summed E-state index contributed by atoms with van der Waals surface area (Å²) in [4.78, 5) is 11.2. The average Bonchev–Trinajstić information content (AvgIpc) is 2.82. The van der Waals surface area contributed by atoms with E-state index in [1.54, 1.807) is 0 Å². The van der Waals surface area contributed by atoms with Crippen molar-refractivity contribution >= 4 is 5.78 Å². The van der Waals surface area contributed by atoms with E-state index < -0.39 is 0 Å². The number of fused-ring (bicyclic) bond motifs is 1. The molecule has 0 spiro atoms. The first-order chi connectivity index (χ1) is 9.05. The van der Waals surface area contributed by atoms with E-state index in [-0.39, 0.29) is 5.41 Å². The highest BCUT2D eigenvalue weighted by atomic mass is 16.1. The van der Waals surface area contributed by atoms with E-state index >= 15 is 0 Å². The van der Waals surface area contributed by atoms with Crippen molar-refractivity contribution in [2.45, 2.75) is 33.1 Å². The number of allylic oxidation sites excluding steroid dienone is 2. The molecule has 3 atom stereocenters. The van der Waals surface area contributed by atoms with Crippen molar-refractivity contribution in [3.8, 4) is 0 Å². The summed E-state index contributed by atoms with van der Waals surface area (Å²) in [6.45, 7) is 4.58. The Kier molecular flexibility index (Phi) is 3.08. The molecule has 100 valence electrons. The zero-order valence-corrected chi connectivity index (χ0v) is 11.8. The molecule has 2 fully saturated rings. The van der Waals surface area contributed by atoms with Crippen LogP contribution in [0.3, 0.4) is 0 Å². The van der Waals surface area contributed by atoms with Crippen LogP contribution < -0.4 is 0 Å². The van der Waals surface area contributed by atoms with Crippen LogP contribution >= 0.6 is 0 Å². The number of ketones is 1. The normalized spacial score (nSPS) is 29.8. The van der Waals surface area contributed by atoms with E-state index in [0.717, 1.165) is 19.3 Å². The first kappa shape index (κ1) is 12.7. The van der Waals surface area contributed by atoms with E-state index in [1.165, 1.54) is 5.56 Å². The standard InChI is InChI=1S/C18H22O/c1-18(2,12-13-6-4-3-5-7-13)9-8-15-16-10-14(19)11-17(15)16/h3-9,15-17H,10-12H2,1-2H3/t15?,16-,17+. The van der Waals surface area contributed by atoms with Gasteiger partial charge in [-0.15, -0.1) is 0 Å². The highest BCUT2D eigenvalue weighted by molar-refractivity contribution is 5.83. The van der Waals surface area contributed by atoms with Crippen molar-refractivity contribution in [3.63, 3.8) is 0 Å². The molecule has 19 heavy (non-hydrogen) atoms. The maximum atomic E-state index is 11.2. The van der Waals surface area contributed by atoms with Crippen LogP contribution in [0, 0.1) is 23.2 Å². The number of benzene rings is 1. The Hall–Kier alpha value is -1.37. The highest BCUT2D eigenvalue weighted by Crippen LogP contribution is 2.57. The van der Waals surface area contributed by atoms with Crippen LogP contribution in [-0.2, 0) is 11.2 Å². The fraction of sp³-hybridized carbons (Fsp3) is 0.500. The van der Waals surface area contributed by atoms with Crippen LogP contribution in [-0.4, -0.2) is 5.78 Å². The first-order valence-corrected chi connectivity index (χ1v) is 7.30. The van der Waals surface area contributed by atoms with Crippen molar-refractivity contribution in [1.82, 2.24) is 0 Å². The molecule has 1 heteroatoms. The quantitative estimate of drug-likeness (QED) is 0.741. The smallest absolute Gasteiger partial charge is 0.133 e. The van der Waals surface area contributed by atoms with E-state index in [1.807, 2.05) is 0 Å². The van der Waals surface area contributed by atoms with Crippen LogP contribution in [0.1, 0.15) is 32.3 Å². The maximum Gasteiger partial charge on any atom is 0.133 e. The predicted octanol–water partition coefficient (Wildman–Crippen LogP) is 4.04. The molecule has 2 aliphatic rings. The number of rotatable bonds is 4. The van der Waals surface area contributed by atoms with Crippen molar-refractivity contribution in [1.29, 1.82) is 0 Å². The Morgan fingerprint density at radius 1 is 1.16 bits per heavy atom. The third-order valence-electron chi connectivity index (χ3n) is 4.60. The molecular weight excluding hydrogens is 232 g/mol. The monoisotopic (exact) mass is 254 g/mol. The second-order valence-corrected chi connectivity index (χ2v) is 6.86. The topological polar surface area (TPSA) is 17.1 Å². The lowest BCUT2D eigenvalue weighted by molar-refractivity contribution is -0.118. The van der Waals surface area contributed by atoms with Gasteiger partial charge in [0.15, 0.2) is 0 Å². The van der Waals surface area contributed by atoms with Crippen molar-refractivity contribution < 1.29 is 4.79 Å². The van der Waals surface area contributed by atoms with Gasteiger partial charge in [-0.2, -0.15) is 0 Å². The van der Waals surface area contributed by atoms with Crippen molar-refractivity contribution in [2.75, 3.05) is 0 Å². The number of carbonyl (C=O) groups is 1. The lowest BCUT2D eigenvalue weighted by Crippen LogP contribution is -2.11. The van der Waals surface area contributed by atoms with Gasteiger partial charge in [-0.1, -0.05) is 56.3 Å². The maximum absolute atomic E-state index is 11.2. The minimum absolute atomic E-state index is 0.197. The third-order valence-corrected chi connectivity index (χ3v) is 4.60. The number of carbonyl (C=O) groups excluding carboxylic acids is 1. The number of Topliss-reactive ketones (excluding diaryl/α,β-unsaturated/α-hetero) is 1. The average molecular weight is 254 g/mol. The Balaban J connectivity index is 1.58. The van der Waals surface area contributed by atoms with Gasteiger partial charge in [-0.05, 0) is 35.2 Å². The lowest BCUT2D eigenvalue weighted by Gasteiger charge is -2.20. The van der Waals surface area contributed by atoms with E-state index in [0.29, 0.717) is 23.5 Å². The van der Waals surface area contributed by atoms with Gasteiger partial charge < -0.3 is 0 Å². The van der Waals surface area contributed by atoms with Crippen LogP contribution in [0.25, 0.3) is 0 Å². The van der Waals surface area contributed by atoms with Crippen LogP contribution in [0.2, 0.25) is 0 Å². The summed E-state index contributed by atoms with van der Waals surface area (Å²) < 4.78 is 0. The molecule has 1 unspecified atom stereocenters. The Bertz CT molecular complexity index is 484. The summed E-state index contributed by atoms with van der Waals surface area (Å²) >= 11 is 0. The molecule has 0 saturated heterocycles. The summed E-state index contributed by atoms with van der Waals surface area (Å²) in [7, 11) is 0. The SMILES string of the molecule is CC(C)(C=CC1[C@H]2CC(=O)C[C@@H]12)Cc1ccccc1. The molecule has 3 rings (SSSR count). The molecule has 0 aliphatic heterocycles. The van der Waals surface area contributed by atoms with Crippen LogP contribution in [0.4, 0.5) is 0 Å². The zero-order chi connectivity index (χ0) is 13.5. The first-order valence-electron chi connectivity index (χ1n) is 7.30. The minimum Gasteiger partial charge on any atom is -0.300 e. The van der Waals surface area contributed by atoms with Gasteiger partial charge in [0.1, 0.15) is 5.78 Å². The summed E-state index contributed by atoms with van der Waals surface area (Å²) in [6.07, 6.45) is 7.49. The molecule has 0 N–H and O–H groups in total. The molecule has 0 aromatic heterocycles. The van der Waals surface area contributed by atoms with Crippen LogP contribution in [0.5, 0.6) is 0 Å². The molecular formula is C18H22O. The summed E-state index contributed by atoms with van der Waals surface area (Å²) in [5.74, 6) is 2.52. The van der Waals surface area contributed by atoms with Crippen LogP contribution in [0.15, 0.2) is 42.5 Å². The fourth-order valence-corrected chi connectivity index (χ4v) is 3.50. The number of hydrogen-bond acceptors (Lipinski definition) is 1. The second kappa shape index (κ2) is 4.63. The summed E-state index contributed by atoms with van der Waals surface area (Å²) in [5, 5.41) is 0. The van der Waals surface area contributed by atoms with Gasteiger partial charge in [0.05, 0.1) is 0 Å². The third kappa shape index (κ3) is 2.80. The molecule has 1 aromatic carbocycles. The van der Waals surface area contributed by atoms with Gasteiger partial charge >= 0.3 is 0 Å². The second-order valence-electron chi connectivity index (χ2n) is 6.86. The molecule has 0 bridgehead atoms. The van der Waals surface area contributed by atoms with Gasteiger partial charge in [-0.25, -0.2) is 0 Å². The fourth-order valence-electron chi connectivity index (χ4n) is 3.50. The molecule has 1 aromatic rings. The molecule has 2 saturated carbocycles.